The first-order valence-electron chi connectivity index (χ1n) is 3.60. The van der Waals surface area contributed by atoms with E-state index in [4.69, 9.17) is 28.3 Å². The molecule has 2 aromatic rings. The van der Waals surface area contributed by atoms with E-state index >= 15 is 0 Å². The number of benzene rings is 1. The highest BCUT2D eigenvalue weighted by Gasteiger charge is 2.02. The molecule has 66 valence electrons. The second kappa shape index (κ2) is 3.05. The molecule has 1 heterocycles. The van der Waals surface area contributed by atoms with Crippen molar-refractivity contribution in [2.24, 2.45) is 0 Å². The van der Waals surface area contributed by atoms with Crippen LogP contribution in [0.4, 0.5) is 0 Å². The first-order valence-corrected chi connectivity index (χ1v) is 4.36. The second-order valence-corrected chi connectivity index (χ2v) is 3.47. The van der Waals surface area contributed by atoms with E-state index in [1.165, 1.54) is 6.20 Å². The highest BCUT2D eigenvalue weighted by atomic mass is 35.5. The zero-order chi connectivity index (χ0) is 9.42. The lowest BCUT2D eigenvalue weighted by atomic mass is 10.2. The number of aromatic nitrogens is 1. The molecule has 0 aliphatic carbocycles. The number of aromatic hydroxyl groups is 1. The monoisotopic (exact) mass is 213 g/mol. The molecule has 2 nitrogen and oxygen atoms in total. The van der Waals surface area contributed by atoms with Gasteiger partial charge < -0.3 is 5.11 Å². The Morgan fingerprint density at radius 2 is 1.77 bits per heavy atom. The fraction of sp³-hybridized carbons (Fsp3) is 0. The molecule has 0 unspecified atom stereocenters. The molecule has 1 aromatic heterocycles. The highest BCUT2D eigenvalue weighted by Crippen LogP contribution is 2.28. The van der Waals surface area contributed by atoms with E-state index in [0.717, 1.165) is 5.39 Å². The summed E-state index contributed by atoms with van der Waals surface area (Å²) < 4.78 is 0. The van der Waals surface area contributed by atoms with Crippen molar-refractivity contribution < 1.29 is 5.11 Å². The molecular formula is C9H5Cl2NO. The molecule has 0 aliphatic rings. The summed E-state index contributed by atoms with van der Waals surface area (Å²) >= 11 is 11.6. The molecule has 0 bridgehead atoms. The van der Waals surface area contributed by atoms with Crippen LogP contribution < -0.4 is 0 Å². The van der Waals surface area contributed by atoms with Gasteiger partial charge in [0.15, 0.2) is 0 Å². The van der Waals surface area contributed by atoms with Gasteiger partial charge in [-0.25, -0.2) is 0 Å². The largest absolute Gasteiger partial charge is 0.506 e. The molecular weight excluding hydrogens is 209 g/mol. The summed E-state index contributed by atoms with van der Waals surface area (Å²) in [5, 5.41) is 10.8. The normalized spacial score (nSPS) is 10.6. The molecule has 0 fully saturated rings. The van der Waals surface area contributed by atoms with E-state index in [-0.39, 0.29) is 5.75 Å². The van der Waals surface area contributed by atoms with Crippen molar-refractivity contribution >= 4 is 34.1 Å². The minimum Gasteiger partial charge on any atom is -0.506 e. The van der Waals surface area contributed by atoms with Crippen molar-refractivity contribution in [3.8, 4) is 5.75 Å². The van der Waals surface area contributed by atoms with Crippen LogP contribution in [0.15, 0.2) is 24.4 Å². The second-order valence-electron chi connectivity index (χ2n) is 2.65. The van der Waals surface area contributed by atoms with Crippen molar-refractivity contribution in [3.05, 3.63) is 34.4 Å². The standard InChI is InChI=1S/C9H5Cl2NO/c10-7-2-5-1-6(13)4-12-9(5)3-8(7)11/h1-4,13H. The average molecular weight is 214 g/mol. The highest BCUT2D eigenvalue weighted by molar-refractivity contribution is 6.42. The van der Waals surface area contributed by atoms with Gasteiger partial charge in [0, 0.05) is 5.39 Å². The molecule has 1 N–H and O–H groups in total. The maximum absolute atomic E-state index is 9.15. The Bertz CT molecular complexity index is 470. The van der Waals surface area contributed by atoms with Gasteiger partial charge in [-0.2, -0.15) is 0 Å². The van der Waals surface area contributed by atoms with Crippen LogP contribution in [0.25, 0.3) is 10.9 Å². The van der Waals surface area contributed by atoms with Gasteiger partial charge in [-0.15, -0.1) is 0 Å². The maximum atomic E-state index is 9.15. The van der Waals surface area contributed by atoms with E-state index in [1.54, 1.807) is 18.2 Å². The minimum absolute atomic E-state index is 0.117. The maximum Gasteiger partial charge on any atom is 0.134 e. The van der Waals surface area contributed by atoms with Gasteiger partial charge in [-0.05, 0) is 18.2 Å². The fourth-order valence-electron chi connectivity index (χ4n) is 1.11. The molecule has 0 amide bonds. The van der Waals surface area contributed by atoms with E-state index in [9.17, 15) is 0 Å². The summed E-state index contributed by atoms with van der Waals surface area (Å²) in [4.78, 5) is 3.99. The first-order chi connectivity index (χ1) is 6.16. The Labute approximate surface area is 84.7 Å². The van der Waals surface area contributed by atoms with Gasteiger partial charge in [0.1, 0.15) is 5.75 Å². The number of rotatable bonds is 0. The zero-order valence-corrected chi connectivity index (χ0v) is 7.97. The van der Waals surface area contributed by atoms with Gasteiger partial charge in [-0.3, -0.25) is 4.98 Å². The van der Waals surface area contributed by atoms with E-state index < -0.39 is 0 Å². The SMILES string of the molecule is Oc1cnc2cc(Cl)c(Cl)cc2c1. The lowest BCUT2D eigenvalue weighted by Gasteiger charge is -2.00. The molecule has 0 saturated carbocycles. The Kier molecular flexibility index (Phi) is 2.02. The van der Waals surface area contributed by atoms with Crippen LogP contribution in [0.2, 0.25) is 10.0 Å². The van der Waals surface area contributed by atoms with Crippen LogP contribution in [-0.4, -0.2) is 10.1 Å². The third-order valence-electron chi connectivity index (χ3n) is 1.71. The Balaban J connectivity index is 2.81. The molecule has 4 heteroatoms. The van der Waals surface area contributed by atoms with E-state index in [1.807, 2.05) is 0 Å². The summed E-state index contributed by atoms with van der Waals surface area (Å²) in [5.74, 6) is 0.117. The van der Waals surface area contributed by atoms with Crippen molar-refractivity contribution in [1.82, 2.24) is 4.98 Å². The Morgan fingerprint density at radius 3 is 2.54 bits per heavy atom. The number of hydrogen-bond acceptors (Lipinski definition) is 2. The molecule has 0 atom stereocenters. The number of fused-ring (bicyclic) bond motifs is 1. The molecule has 1 aromatic carbocycles. The van der Waals surface area contributed by atoms with Crippen molar-refractivity contribution in [3.63, 3.8) is 0 Å². The van der Waals surface area contributed by atoms with Gasteiger partial charge >= 0.3 is 0 Å². The van der Waals surface area contributed by atoms with E-state index in [0.29, 0.717) is 15.6 Å². The smallest absolute Gasteiger partial charge is 0.134 e. The molecule has 2 rings (SSSR count). The van der Waals surface area contributed by atoms with Crippen LogP contribution in [0.5, 0.6) is 5.75 Å². The van der Waals surface area contributed by atoms with Crippen LogP contribution in [0.3, 0.4) is 0 Å². The van der Waals surface area contributed by atoms with Crippen LogP contribution >= 0.6 is 23.2 Å². The van der Waals surface area contributed by atoms with Gasteiger partial charge in [0.2, 0.25) is 0 Å². The third kappa shape index (κ3) is 1.55. The predicted molar refractivity (Wildman–Crippen MR) is 53.4 cm³/mol. The van der Waals surface area contributed by atoms with E-state index in [2.05, 4.69) is 4.98 Å². The summed E-state index contributed by atoms with van der Waals surface area (Å²) in [6.07, 6.45) is 1.37. The zero-order valence-electron chi connectivity index (χ0n) is 6.46. The quantitative estimate of drug-likeness (QED) is 0.730. The van der Waals surface area contributed by atoms with Gasteiger partial charge in [-0.1, -0.05) is 23.2 Å². The summed E-state index contributed by atoms with van der Waals surface area (Å²) in [6, 6.07) is 4.93. The lowest BCUT2D eigenvalue weighted by Crippen LogP contribution is -1.79. The van der Waals surface area contributed by atoms with Crippen LogP contribution in [0.1, 0.15) is 0 Å². The van der Waals surface area contributed by atoms with Crippen molar-refractivity contribution in [2.45, 2.75) is 0 Å². The first kappa shape index (κ1) is 8.60. The van der Waals surface area contributed by atoms with Crippen LogP contribution in [-0.2, 0) is 0 Å². The number of nitrogens with zero attached hydrogens (tertiary/aromatic N) is 1. The Hall–Kier alpha value is -0.990. The summed E-state index contributed by atoms with van der Waals surface area (Å²) in [5.41, 5.74) is 0.715. The molecule has 0 spiro atoms. The van der Waals surface area contributed by atoms with Gasteiger partial charge in [0.25, 0.3) is 0 Å². The van der Waals surface area contributed by atoms with Crippen LogP contribution in [0, 0.1) is 0 Å². The molecule has 0 radical (unpaired) electrons. The van der Waals surface area contributed by atoms with Gasteiger partial charge in [0.05, 0.1) is 21.8 Å². The lowest BCUT2D eigenvalue weighted by molar-refractivity contribution is 0.474. The fourth-order valence-corrected chi connectivity index (χ4v) is 1.44. The molecule has 13 heavy (non-hydrogen) atoms. The molecule has 0 aliphatic heterocycles. The number of hydrogen-bond donors (Lipinski definition) is 1. The summed E-state index contributed by atoms with van der Waals surface area (Å²) in [6.45, 7) is 0. The predicted octanol–water partition coefficient (Wildman–Crippen LogP) is 3.25. The Morgan fingerprint density at radius 1 is 1.08 bits per heavy atom. The van der Waals surface area contributed by atoms with Crippen molar-refractivity contribution in [2.75, 3.05) is 0 Å². The topological polar surface area (TPSA) is 33.1 Å². The van der Waals surface area contributed by atoms with Crippen molar-refractivity contribution in [1.29, 1.82) is 0 Å². The average Bonchev–Trinajstić information content (AvgIpc) is 2.08. The number of pyridine rings is 1. The number of halogens is 2. The molecule has 0 saturated heterocycles. The third-order valence-corrected chi connectivity index (χ3v) is 2.43. The summed E-state index contributed by atoms with van der Waals surface area (Å²) in [7, 11) is 0. The minimum atomic E-state index is 0.117.